The van der Waals surface area contributed by atoms with Gasteiger partial charge in [0.05, 0.1) is 15.9 Å². The van der Waals surface area contributed by atoms with Crippen LogP contribution in [0.5, 0.6) is 0 Å². The molecular weight excluding hydrogens is 482 g/mol. The van der Waals surface area contributed by atoms with Crippen molar-refractivity contribution in [2.75, 3.05) is 20.4 Å². The third-order valence-corrected chi connectivity index (χ3v) is 9.32. The van der Waals surface area contributed by atoms with E-state index < -0.39 is 15.1 Å². The number of rotatable bonds is 6. The van der Waals surface area contributed by atoms with Gasteiger partial charge in [-0.1, -0.05) is 54.6 Å². The molecule has 1 fully saturated rings. The number of aromatic amines is 1. The van der Waals surface area contributed by atoms with Gasteiger partial charge in [0.1, 0.15) is 5.82 Å². The minimum atomic E-state index is -3.13. The topological polar surface area (TPSA) is 83.1 Å². The number of fused-ring (bicyclic) bond motifs is 1. The number of hydrogen-bond acceptors (Lipinski definition) is 4. The smallest absolute Gasteiger partial charge is 0.222 e. The fourth-order valence-corrected chi connectivity index (χ4v) is 6.33. The van der Waals surface area contributed by atoms with Gasteiger partial charge in [-0.05, 0) is 66.7 Å². The quantitative estimate of drug-likeness (QED) is 0.538. The number of aromatic nitrogens is 2. The molecule has 194 valence electrons. The molecule has 2 aromatic carbocycles. The summed E-state index contributed by atoms with van der Waals surface area (Å²) in [7, 11) is 0.541. The highest BCUT2D eigenvalue weighted by Gasteiger charge is 2.24. The Morgan fingerprint density at radius 1 is 0.946 bits per heavy atom. The Kier molecular flexibility index (Phi) is 7.08. The number of nitrogens with zero attached hydrogens (tertiary/aromatic N) is 2. The lowest BCUT2D eigenvalue weighted by Crippen LogP contribution is -2.33. The minimum absolute atomic E-state index is 0.239. The molecule has 7 heteroatoms. The highest BCUT2D eigenvalue weighted by molar-refractivity contribution is 7.91. The SMILES string of the molecule is CN(C)C(=O)CC1CCC(c2ccc(-c3ccc(-c4nc5c([nH]4)=CC(S(C)(=O)=O)CC=5)cc3)cc2)CC1. The van der Waals surface area contributed by atoms with Crippen LogP contribution in [-0.4, -0.2) is 54.8 Å². The lowest BCUT2D eigenvalue weighted by Gasteiger charge is -2.29. The summed E-state index contributed by atoms with van der Waals surface area (Å²) in [6.45, 7) is 0. The van der Waals surface area contributed by atoms with Crippen LogP contribution in [0.1, 0.15) is 50.0 Å². The third kappa shape index (κ3) is 5.72. The largest absolute Gasteiger partial charge is 0.349 e. The molecule has 1 N–H and O–H groups in total. The molecule has 0 aliphatic heterocycles. The van der Waals surface area contributed by atoms with Crippen LogP contribution in [0.2, 0.25) is 0 Å². The summed E-state index contributed by atoms with van der Waals surface area (Å²) < 4.78 is 23.9. The second-order valence-electron chi connectivity index (χ2n) is 10.8. The van der Waals surface area contributed by atoms with Gasteiger partial charge >= 0.3 is 0 Å². The maximum absolute atomic E-state index is 12.0. The zero-order valence-electron chi connectivity index (χ0n) is 21.8. The molecule has 0 bridgehead atoms. The van der Waals surface area contributed by atoms with E-state index >= 15 is 0 Å². The second-order valence-corrected chi connectivity index (χ2v) is 13.0. The molecule has 6 nitrogen and oxygen atoms in total. The number of amides is 1. The Hall–Kier alpha value is -3.19. The van der Waals surface area contributed by atoms with E-state index in [2.05, 4.69) is 58.5 Å². The van der Waals surface area contributed by atoms with Gasteiger partial charge in [-0.2, -0.15) is 0 Å². The third-order valence-electron chi connectivity index (χ3n) is 7.89. The Morgan fingerprint density at radius 2 is 1.54 bits per heavy atom. The molecule has 2 aliphatic carbocycles. The van der Waals surface area contributed by atoms with Crippen LogP contribution < -0.4 is 10.7 Å². The predicted octanol–water partition coefficient (Wildman–Crippen LogP) is 3.87. The van der Waals surface area contributed by atoms with Gasteiger partial charge in [0.2, 0.25) is 5.91 Å². The number of hydrogen-bond donors (Lipinski definition) is 1. The van der Waals surface area contributed by atoms with Gasteiger partial charge in [-0.25, -0.2) is 13.4 Å². The maximum Gasteiger partial charge on any atom is 0.222 e. The standard InChI is InChI=1S/C30H35N3O3S/c1-33(2)29(34)18-20-4-6-21(7-5-20)22-8-10-23(11-9-22)24-12-14-25(15-13-24)30-31-27-17-16-26(37(3,35)36)19-28(27)32-30/h8-15,17,19-21,26H,4-7,16,18H2,1-3H3,(H,31,32). The molecule has 1 aromatic heterocycles. The van der Waals surface area contributed by atoms with Gasteiger partial charge in [0.15, 0.2) is 9.84 Å². The molecule has 0 spiro atoms. The van der Waals surface area contributed by atoms with Crippen molar-refractivity contribution in [3.63, 3.8) is 0 Å². The fourth-order valence-electron chi connectivity index (χ4n) is 5.50. The number of carbonyl (C=O) groups excluding carboxylic acids is 1. The van der Waals surface area contributed by atoms with E-state index in [1.165, 1.54) is 17.4 Å². The second kappa shape index (κ2) is 10.3. The summed E-state index contributed by atoms with van der Waals surface area (Å²) in [4.78, 5) is 21.7. The van der Waals surface area contributed by atoms with Crippen molar-refractivity contribution in [1.29, 1.82) is 0 Å². The molecule has 37 heavy (non-hydrogen) atoms. The number of sulfone groups is 1. The van der Waals surface area contributed by atoms with E-state index in [1.54, 1.807) is 11.0 Å². The van der Waals surface area contributed by atoms with E-state index in [9.17, 15) is 13.2 Å². The predicted molar refractivity (Wildman–Crippen MR) is 149 cm³/mol. The number of imidazole rings is 1. The van der Waals surface area contributed by atoms with E-state index in [-0.39, 0.29) is 5.91 Å². The van der Waals surface area contributed by atoms with Gasteiger partial charge in [0.25, 0.3) is 0 Å². The van der Waals surface area contributed by atoms with E-state index in [0.29, 0.717) is 24.7 Å². The maximum atomic E-state index is 12.0. The number of benzene rings is 2. The van der Waals surface area contributed by atoms with Crippen LogP contribution >= 0.6 is 0 Å². The molecule has 0 radical (unpaired) electrons. The van der Waals surface area contributed by atoms with Gasteiger partial charge in [-0.3, -0.25) is 4.79 Å². The Labute approximate surface area is 219 Å². The van der Waals surface area contributed by atoms with Crippen LogP contribution in [-0.2, 0) is 14.6 Å². The molecule has 1 amide bonds. The van der Waals surface area contributed by atoms with Crippen LogP contribution in [0, 0.1) is 5.92 Å². The van der Waals surface area contributed by atoms with Crippen LogP contribution in [0.25, 0.3) is 34.7 Å². The molecule has 1 unspecified atom stereocenters. The Balaban J connectivity index is 1.24. The summed E-state index contributed by atoms with van der Waals surface area (Å²) in [5.41, 5.74) is 4.68. The van der Waals surface area contributed by atoms with Crippen molar-refractivity contribution < 1.29 is 13.2 Å². The van der Waals surface area contributed by atoms with Crippen molar-refractivity contribution >= 4 is 27.9 Å². The summed E-state index contributed by atoms with van der Waals surface area (Å²) in [5.74, 6) is 2.07. The first kappa shape index (κ1) is 25.5. The molecule has 3 aromatic rings. The fraction of sp³-hybridized carbons (Fsp3) is 0.400. The Bertz CT molecular complexity index is 1500. The highest BCUT2D eigenvalue weighted by Crippen LogP contribution is 2.38. The molecule has 0 saturated heterocycles. The van der Waals surface area contributed by atoms with Crippen molar-refractivity contribution in [2.24, 2.45) is 5.92 Å². The summed E-state index contributed by atoms with van der Waals surface area (Å²) in [6.07, 6.45) is 10.6. The number of carbonyl (C=O) groups is 1. The average molecular weight is 518 g/mol. The van der Waals surface area contributed by atoms with Crippen molar-refractivity contribution in [1.82, 2.24) is 14.9 Å². The van der Waals surface area contributed by atoms with E-state index in [4.69, 9.17) is 0 Å². The van der Waals surface area contributed by atoms with Crippen molar-refractivity contribution in [3.8, 4) is 22.5 Å². The minimum Gasteiger partial charge on any atom is -0.349 e. The average Bonchev–Trinajstić information content (AvgIpc) is 3.32. The van der Waals surface area contributed by atoms with Crippen LogP contribution in [0.3, 0.4) is 0 Å². The van der Waals surface area contributed by atoms with Gasteiger partial charge in [-0.15, -0.1) is 0 Å². The molecule has 2 aliphatic rings. The lowest BCUT2D eigenvalue weighted by atomic mass is 9.77. The zero-order chi connectivity index (χ0) is 26.2. The molecule has 1 saturated carbocycles. The van der Waals surface area contributed by atoms with E-state index in [0.717, 1.165) is 53.3 Å². The molecule has 1 heterocycles. The molecular formula is C30H35N3O3S. The highest BCUT2D eigenvalue weighted by atomic mass is 32.2. The first-order chi connectivity index (χ1) is 17.7. The molecule has 1 atom stereocenters. The van der Waals surface area contributed by atoms with Crippen molar-refractivity contribution in [3.05, 3.63) is 64.8 Å². The lowest BCUT2D eigenvalue weighted by molar-refractivity contribution is -0.129. The zero-order valence-corrected chi connectivity index (χ0v) is 22.6. The Morgan fingerprint density at radius 3 is 2.14 bits per heavy atom. The molecule has 5 rings (SSSR count). The van der Waals surface area contributed by atoms with Crippen LogP contribution in [0.4, 0.5) is 0 Å². The van der Waals surface area contributed by atoms with Crippen LogP contribution in [0.15, 0.2) is 48.5 Å². The first-order valence-corrected chi connectivity index (χ1v) is 15.0. The van der Waals surface area contributed by atoms with Crippen molar-refractivity contribution in [2.45, 2.75) is 49.7 Å². The normalized spacial score (nSPS) is 21.4. The number of H-pyrrole nitrogens is 1. The monoisotopic (exact) mass is 517 g/mol. The van der Waals surface area contributed by atoms with Gasteiger partial charge < -0.3 is 9.88 Å². The number of nitrogens with one attached hydrogen (secondary N) is 1. The summed E-state index contributed by atoms with van der Waals surface area (Å²) >= 11 is 0. The van der Waals surface area contributed by atoms with Gasteiger partial charge in [0, 0.05) is 32.3 Å². The summed E-state index contributed by atoms with van der Waals surface area (Å²) in [6, 6.07) is 17.2. The van der Waals surface area contributed by atoms with E-state index in [1.807, 2.05) is 20.2 Å². The summed E-state index contributed by atoms with van der Waals surface area (Å²) in [5, 5.41) is 1.09. The first-order valence-electron chi connectivity index (χ1n) is 13.1.